The van der Waals surface area contributed by atoms with Gasteiger partial charge in [0.25, 0.3) is 0 Å². The van der Waals surface area contributed by atoms with Crippen molar-refractivity contribution in [2.45, 2.75) is 33.3 Å². The van der Waals surface area contributed by atoms with Crippen molar-refractivity contribution in [1.82, 2.24) is 10.6 Å². The molecule has 0 fully saturated rings. The van der Waals surface area contributed by atoms with Gasteiger partial charge >= 0.3 is 0 Å². The maximum atomic E-state index is 11.1. The maximum Gasteiger partial charge on any atom is 0.221 e. The van der Waals surface area contributed by atoms with Crippen molar-refractivity contribution in [2.75, 3.05) is 38.7 Å². The van der Waals surface area contributed by atoms with Gasteiger partial charge in [-0.1, -0.05) is 6.07 Å². The van der Waals surface area contributed by atoms with Crippen molar-refractivity contribution >= 4 is 41.5 Å². The first-order valence-corrected chi connectivity index (χ1v) is 8.44. The molecule has 0 spiro atoms. The minimum atomic E-state index is -0.303. The van der Waals surface area contributed by atoms with Crippen LogP contribution in [0, 0.1) is 0 Å². The van der Waals surface area contributed by atoms with Crippen LogP contribution in [-0.4, -0.2) is 50.8 Å². The number of ether oxygens (including phenoxy) is 2. The van der Waals surface area contributed by atoms with E-state index in [1.54, 1.807) is 13.2 Å². The average Bonchev–Trinajstić information content (AvgIpc) is 2.56. The van der Waals surface area contributed by atoms with E-state index in [0.29, 0.717) is 25.4 Å². The quantitative estimate of drug-likeness (QED) is 0.220. The number of amides is 1. The molecule has 1 aromatic rings. The molecule has 1 amide bonds. The van der Waals surface area contributed by atoms with Crippen LogP contribution in [0.4, 0.5) is 5.69 Å². The van der Waals surface area contributed by atoms with Gasteiger partial charge in [-0.3, -0.25) is 9.79 Å². The van der Waals surface area contributed by atoms with Gasteiger partial charge in [-0.15, -0.1) is 24.0 Å². The third-order valence-corrected chi connectivity index (χ3v) is 3.33. The predicted molar refractivity (Wildman–Crippen MR) is 117 cm³/mol. The van der Waals surface area contributed by atoms with Crippen molar-refractivity contribution < 1.29 is 14.3 Å². The Morgan fingerprint density at radius 1 is 1.27 bits per heavy atom. The van der Waals surface area contributed by atoms with E-state index in [2.05, 4.69) is 20.9 Å². The smallest absolute Gasteiger partial charge is 0.221 e. The summed E-state index contributed by atoms with van der Waals surface area (Å²) in [4.78, 5) is 15.6. The molecule has 0 radical (unpaired) electrons. The Kier molecular flexibility index (Phi) is 12.0. The maximum absolute atomic E-state index is 11.1. The van der Waals surface area contributed by atoms with Gasteiger partial charge in [0.05, 0.1) is 18.7 Å². The van der Waals surface area contributed by atoms with Crippen LogP contribution in [0.3, 0.4) is 0 Å². The van der Waals surface area contributed by atoms with Gasteiger partial charge in [0.1, 0.15) is 12.4 Å². The number of rotatable bonds is 9. The molecule has 0 bridgehead atoms. The highest BCUT2D eigenvalue weighted by atomic mass is 127. The molecule has 1 aromatic carbocycles. The van der Waals surface area contributed by atoms with Crippen molar-refractivity contribution in [3.8, 4) is 5.75 Å². The van der Waals surface area contributed by atoms with Gasteiger partial charge in [-0.05, 0) is 32.9 Å². The highest BCUT2D eigenvalue weighted by molar-refractivity contribution is 14.0. The van der Waals surface area contributed by atoms with E-state index in [1.807, 2.05) is 39.0 Å². The fraction of sp³-hybridized carbons (Fsp3) is 0.556. The summed E-state index contributed by atoms with van der Waals surface area (Å²) in [6.45, 7) is 9.88. The van der Waals surface area contributed by atoms with E-state index in [4.69, 9.17) is 9.47 Å². The minimum Gasteiger partial charge on any atom is -0.492 e. The zero-order chi connectivity index (χ0) is 18.7. The molecule has 8 heteroatoms. The summed E-state index contributed by atoms with van der Waals surface area (Å²) < 4.78 is 11.1. The number of guanidine groups is 1. The standard InChI is InChI=1S/C18H30N4O3.HI/c1-6-19-17(21-13-18(3,4)24-5)20-10-11-25-16-9-7-8-15(12-16)22-14(2)23;/h7-9,12H,6,10-11,13H2,1-5H3,(H,22,23)(H2,19,20,21);1H. The normalized spacial score (nSPS) is 11.3. The second-order valence-corrected chi connectivity index (χ2v) is 6.14. The highest BCUT2D eigenvalue weighted by Crippen LogP contribution is 2.17. The molecule has 1 rings (SSSR count). The summed E-state index contributed by atoms with van der Waals surface area (Å²) in [6, 6.07) is 7.31. The Hall–Kier alpha value is -1.55. The lowest BCUT2D eigenvalue weighted by Crippen LogP contribution is -2.40. The van der Waals surface area contributed by atoms with Crippen molar-refractivity contribution in [3.05, 3.63) is 24.3 Å². The first-order chi connectivity index (χ1) is 11.9. The number of hydrogen-bond acceptors (Lipinski definition) is 4. The molecule has 0 aliphatic carbocycles. The fourth-order valence-corrected chi connectivity index (χ4v) is 1.88. The second-order valence-electron chi connectivity index (χ2n) is 6.14. The molecule has 148 valence electrons. The van der Waals surface area contributed by atoms with E-state index in [1.165, 1.54) is 6.92 Å². The summed E-state index contributed by atoms with van der Waals surface area (Å²) >= 11 is 0. The van der Waals surface area contributed by atoms with Crippen LogP contribution in [0.5, 0.6) is 5.75 Å². The fourth-order valence-electron chi connectivity index (χ4n) is 1.88. The number of hydrogen-bond donors (Lipinski definition) is 3. The summed E-state index contributed by atoms with van der Waals surface area (Å²) in [5, 5.41) is 9.14. The average molecular weight is 478 g/mol. The lowest BCUT2D eigenvalue weighted by Gasteiger charge is -2.21. The summed E-state index contributed by atoms with van der Waals surface area (Å²) in [5.74, 6) is 1.32. The monoisotopic (exact) mass is 478 g/mol. The molecular weight excluding hydrogens is 447 g/mol. The molecule has 0 aliphatic heterocycles. The molecular formula is C18H31IN4O3. The largest absolute Gasteiger partial charge is 0.492 e. The summed E-state index contributed by atoms with van der Waals surface area (Å²) in [6.07, 6.45) is 0. The van der Waals surface area contributed by atoms with Crippen LogP contribution in [0.25, 0.3) is 0 Å². The van der Waals surface area contributed by atoms with Crippen LogP contribution >= 0.6 is 24.0 Å². The summed E-state index contributed by atoms with van der Waals surface area (Å²) in [5.41, 5.74) is 0.415. The number of carbonyl (C=O) groups excluding carboxylic acids is 1. The number of benzene rings is 1. The Morgan fingerprint density at radius 2 is 2.00 bits per heavy atom. The van der Waals surface area contributed by atoms with Crippen molar-refractivity contribution in [1.29, 1.82) is 0 Å². The van der Waals surface area contributed by atoms with E-state index in [9.17, 15) is 4.79 Å². The molecule has 0 saturated heterocycles. The van der Waals surface area contributed by atoms with Crippen molar-refractivity contribution in [2.24, 2.45) is 4.99 Å². The lowest BCUT2D eigenvalue weighted by atomic mass is 10.1. The minimum absolute atomic E-state index is 0. The zero-order valence-electron chi connectivity index (χ0n) is 16.2. The van der Waals surface area contributed by atoms with Gasteiger partial charge in [0, 0.05) is 32.3 Å². The molecule has 0 aromatic heterocycles. The first kappa shape index (κ1) is 24.5. The Morgan fingerprint density at radius 3 is 2.62 bits per heavy atom. The Bertz CT molecular complexity index is 579. The van der Waals surface area contributed by atoms with E-state index >= 15 is 0 Å². The van der Waals surface area contributed by atoms with Gasteiger partial charge in [0.2, 0.25) is 5.91 Å². The lowest BCUT2D eigenvalue weighted by molar-refractivity contribution is -0.114. The Balaban J connectivity index is 0.00000625. The van der Waals surface area contributed by atoms with E-state index in [0.717, 1.165) is 18.2 Å². The van der Waals surface area contributed by atoms with Crippen LogP contribution in [0.15, 0.2) is 29.3 Å². The highest BCUT2D eigenvalue weighted by Gasteiger charge is 2.15. The number of anilines is 1. The number of nitrogens with zero attached hydrogens (tertiary/aromatic N) is 1. The molecule has 0 aliphatic rings. The van der Waals surface area contributed by atoms with Crippen LogP contribution in [0.1, 0.15) is 27.7 Å². The number of nitrogens with one attached hydrogen (secondary N) is 3. The molecule has 0 unspecified atom stereocenters. The summed E-state index contributed by atoms with van der Waals surface area (Å²) in [7, 11) is 1.68. The second kappa shape index (κ2) is 12.7. The molecule has 0 atom stereocenters. The van der Waals surface area contributed by atoms with Gasteiger partial charge in [0.15, 0.2) is 5.96 Å². The van der Waals surface area contributed by atoms with Crippen molar-refractivity contribution in [3.63, 3.8) is 0 Å². The number of aliphatic imine (C=N–C) groups is 1. The molecule has 0 saturated carbocycles. The third-order valence-electron chi connectivity index (χ3n) is 3.33. The zero-order valence-corrected chi connectivity index (χ0v) is 18.5. The number of carbonyl (C=O) groups is 1. The Labute approximate surface area is 173 Å². The van der Waals surface area contributed by atoms with Gasteiger partial charge in [-0.2, -0.15) is 0 Å². The first-order valence-electron chi connectivity index (χ1n) is 8.44. The number of halogens is 1. The molecule has 26 heavy (non-hydrogen) atoms. The SMILES string of the molecule is CCNC(=NCC(C)(C)OC)NCCOc1cccc(NC(C)=O)c1.I. The van der Waals surface area contributed by atoms with Crippen LogP contribution < -0.4 is 20.7 Å². The molecule has 3 N–H and O–H groups in total. The molecule has 7 nitrogen and oxygen atoms in total. The van der Waals surface area contributed by atoms with Crippen LogP contribution in [-0.2, 0) is 9.53 Å². The predicted octanol–water partition coefficient (Wildman–Crippen LogP) is 2.62. The van der Waals surface area contributed by atoms with E-state index in [-0.39, 0.29) is 35.5 Å². The van der Waals surface area contributed by atoms with Gasteiger partial charge in [-0.25, -0.2) is 0 Å². The van der Waals surface area contributed by atoms with Crippen LogP contribution in [0.2, 0.25) is 0 Å². The topological polar surface area (TPSA) is 84.0 Å². The third kappa shape index (κ3) is 10.4. The van der Waals surface area contributed by atoms with Gasteiger partial charge < -0.3 is 25.4 Å². The van der Waals surface area contributed by atoms with E-state index < -0.39 is 0 Å². The molecule has 0 heterocycles. The number of methoxy groups -OCH3 is 1.